The van der Waals surface area contributed by atoms with Crippen molar-refractivity contribution < 1.29 is 5.11 Å². The second kappa shape index (κ2) is 9.01. The number of aliphatic hydroxyl groups excluding tert-OH is 1. The van der Waals surface area contributed by atoms with E-state index in [9.17, 15) is 5.11 Å². The Bertz CT molecular complexity index is 85.9. The Hall–Kier alpha value is -0.0800. The molecule has 2 heteroatoms. The third-order valence-electron chi connectivity index (χ3n) is 1.99. The Morgan fingerprint density at radius 1 is 1.08 bits per heavy atom. The van der Waals surface area contributed by atoms with Gasteiger partial charge in [-0.15, -0.1) is 0 Å². The van der Waals surface area contributed by atoms with Crippen molar-refractivity contribution >= 4 is 0 Å². The Balaban J connectivity index is 3.02. The van der Waals surface area contributed by atoms with Crippen LogP contribution < -0.4 is 5.32 Å². The molecule has 1 atom stereocenters. The van der Waals surface area contributed by atoms with E-state index in [1.165, 1.54) is 19.3 Å². The fourth-order valence-electron chi connectivity index (χ4n) is 1.14. The van der Waals surface area contributed by atoms with Crippen molar-refractivity contribution in [2.75, 3.05) is 6.54 Å². The van der Waals surface area contributed by atoms with E-state index in [2.05, 4.69) is 19.2 Å². The fraction of sp³-hybridized carbons (Fsp3) is 1.00. The van der Waals surface area contributed by atoms with Crippen molar-refractivity contribution in [1.82, 2.24) is 5.32 Å². The lowest BCUT2D eigenvalue weighted by Crippen LogP contribution is -2.29. The first-order chi connectivity index (χ1) is 5.81. The van der Waals surface area contributed by atoms with Gasteiger partial charge in [0, 0.05) is 0 Å². The van der Waals surface area contributed by atoms with Crippen molar-refractivity contribution in [3.8, 4) is 0 Å². The summed E-state index contributed by atoms with van der Waals surface area (Å²) in [5.74, 6) is 0. The predicted octanol–water partition coefficient (Wildman–Crippen LogP) is 2.27. The number of nitrogens with one attached hydrogen (secondary N) is 1. The average Bonchev–Trinajstić information content (AvgIpc) is 2.09. The molecule has 0 bridgehead atoms. The molecule has 0 spiro atoms. The minimum absolute atomic E-state index is 0.276. The number of unbranched alkanes of at least 4 members (excludes halogenated alkanes) is 3. The summed E-state index contributed by atoms with van der Waals surface area (Å²) < 4.78 is 0. The Labute approximate surface area is 76.4 Å². The van der Waals surface area contributed by atoms with Crippen LogP contribution in [0.15, 0.2) is 0 Å². The van der Waals surface area contributed by atoms with E-state index < -0.39 is 0 Å². The molecule has 74 valence electrons. The Kier molecular flexibility index (Phi) is 8.95. The molecular formula is C10H23NO. The topological polar surface area (TPSA) is 32.3 Å². The van der Waals surface area contributed by atoms with Crippen LogP contribution in [0.5, 0.6) is 0 Å². The number of hydrogen-bond donors (Lipinski definition) is 2. The van der Waals surface area contributed by atoms with Crippen LogP contribution >= 0.6 is 0 Å². The van der Waals surface area contributed by atoms with Gasteiger partial charge in [0.2, 0.25) is 0 Å². The molecule has 0 aliphatic rings. The maximum atomic E-state index is 9.37. The van der Waals surface area contributed by atoms with Crippen LogP contribution in [0.2, 0.25) is 0 Å². The molecule has 0 heterocycles. The highest BCUT2D eigenvalue weighted by Crippen LogP contribution is 1.98. The van der Waals surface area contributed by atoms with Gasteiger partial charge in [0.15, 0.2) is 0 Å². The summed E-state index contributed by atoms with van der Waals surface area (Å²) in [4.78, 5) is 0. The average molecular weight is 173 g/mol. The van der Waals surface area contributed by atoms with Crippen molar-refractivity contribution in [2.24, 2.45) is 0 Å². The molecule has 2 nitrogen and oxygen atoms in total. The van der Waals surface area contributed by atoms with Crippen LogP contribution in [0.4, 0.5) is 0 Å². The zero-order valence-corrected chi connectivity index (χ0v) is 8.47. The summed E-state index contributed by atoms with van der Waals surface area (Å²) in [6.07, 6.45) is 6.57. The van der Waals surface area contributed by atoms with E-state index in [-0.39, 0.29) is 6.23 Å². The minimum atomic E-state index is -0.276. The SMILES string of the molecule is CCCCCNC(O)CCCC. The monoisotopic (exact) mass is 173 g/mol. The van der Waals surface area contributed by atoms with Gasteiger partial charge < -0.3 is 5.11 Å². The van der Waals surface area contributed by atoms with Crippen molar-refractivity contribution in [3.63, 3.8) is 0 Å². The van der Waals surface area contributed by atoms with Gasteiger partial charge in [0.1, 0.15) is 6.23 Å². The normalized spacial score (nSPS) is 13.2. The molecule has 0 aromatic rings. The largest absolute Gasteiger partial charge is 0.379 e. The number of aliphatic hydroxyl groups is 1. The lowest BCUT2D eigenvalue weighted by Gasteiger charge is -2.11. The first kappa shape index (κ1) is 11.9. The molecule has 0 aliphatic carbocycles. The van der Waals surface area contributed by atoms with Crippen molar-refractivity contribution in [2.45, 2.75) is 58.6 Å². The maximum Gasteiger partial charge on any atom is 0.104 e. The molecule has 0 fully saturated rings. The highest BCUT2D eigenvalue weighted by molar-refractivity contribution is 4.53. The van der Waals surface area contributed by atoms with Crippen LogP contribution in [-0.2, 0) is 0 Å². The van der Waals surface area contributed by atoms with Crippen LogP contribution in [0.25, 0.3) is 0 Å². The zero-order chi connectivity index (χ0) is 9.23. The van der Waals surface area contributed by atoms with Gasteiger partial charge in [-0.2, -0.15) is 0 Å². The van der Waals surface area contributed by atoms with Gasteiger partial charge in [0.05, 0.1) is 0 Å². The van der Waals surface area contributed by atoms with Crippen molar-refractivity contribution in [1.29, 1.82) is 0 Å². The maximum absolute atomic E-state index is 9.37. The first-order valence-corrected chi connectivity index (χ1v) is 5.22. The van der Waals surface area contributed by atoms with Gasteiger partial charge in [-0.3, -0.25) is 5.32 Å². The van der Waals surface area contributed by atoms with E-state index in [4.69, 9.17) is 0 Å². The van der Waals surface area contributed by atoms with Crippen LogP contribution in [0, 0.1) is 0 Å². The quantitative estimate of drug-likeness (QED) is 0.436. The highest BCUT2D eigenvalue weighted by Gasteiger charge is 1.99. The van der Waals surface area contributed by atoms with Crippen LogP contribution in [0.3, 0.4) is 0 Å². The van der Waals surface area contributed by atoms with E-state index in [0.717, 1.165) is 25.8 Å². The molecule has 12 heavy (non-hydrogen) atoms. The van der Waals surface area contributed by atoms with Crippen molar-refractivity contribution in [3.05, 3.63) is 0 Å². The van der Waals surface area contributed by atoms with E-state index >= 15 is 0 Å². The number of rotatable bonds is 8. The molecule has 1 unspecified atom stereocenters. The fourth-order valence-corrected chi connectivity index (χ4v) is 1.14. The molecule has 0 aromatic heterocycles. The summed E-state index contributed by atoms with van der Waals surface area (Å²) in [6.45, 7) is 5.29. The third-order valence-corrected chi connectivity index (χ3v) is 1.99. The molecule has 0 aromatic carbocycles. The van der Waals surface area contributed by atoms with E-state index in [0.29, 0.717) is 0 Å². The second-order valence-electron chi connectivity index (χ2n) is 3.32. The Morgan fingerprint density at radius 2 is 1.75 bits per heavy atom. The van der Waals surface area contributed by atoms with Gasteiger partial charge in [-0.1, -0.05) is 33.1 Å². The van der Waals surface area contributed by atoms with Gasteiger partial charge in [0.25, 0.3) is 0 Å². The second-order valence-corrected chi connectivity index (χ2v) is 3.32. The minimum Gasteiger partial charge on any atom is -0.379 e. The molecule has 0 rings (SSSR count). The van der Waals surface area contributed by atoms with Gasteiger partial charge in [-0.25, -0.2) is 0 Å². The summed E-state index contributed by atoms with van der Waals surface area (Å²) in [6, 6.07) is 0. The summed E-state index contributed by atoms with van der Waals surface area (Å²) in [5.41, 5.74) is 0. The van der Waals surface area contributed by atoms with Crippen LogP contribution in [0.1, 0.15) is 52.4 Å². The highest BCUT2D eigenvalue weighted by atomic mass is 16.3. The molecular weight excluding hydrogens is 150 g/mol. The van der Waals surface area contributed by atoms with Gasteiger partial charge >= 0.3 is 0 Å². The summed E-state index contributed by atoms with van der Waals surface area (Å²) in [7, 11) is 0. The smallest absolute Gasteiger partial charge is 0.104 e. The van der Waals surface area contributed by atoms with Gasteiger partial charge in [-0.05, 0) is 25.8 Å². The Morgan fingerprint density at radius 3 is 2.33 bits per heavy atom. The molecule has 0 saturated heterocycles. The summed E-state index contributed by atoms with van der Waals surface area (Å²) >= 11 is 0. The molecule has 0 saturated carbocycles. The molecule has 0 radical (unpaired) electrons. The zero-order valence-electron chi connectivity index (χ0n) is 8.47. The molecule has 0 aliphatic heterocycles. The predicted molar refractivity (Wildman–Crippen MR) is 53.1 cm³/mol. The summed E-state index contributed by atoms with van der Waals surface area (Å²) in [5, 5.41) is 12.5. The number of hydrogen-bond acceptors (Lipinski definition) is 2. The lowest BCUT2D eigenvalue weighted by molar-refractivity contribution is 0.125. The third kappa shape index (κ3) is 8.02. The standard InChI is InChI=1S/C10H23NO/c1-3-5-7-9-11-10(12)8-6-4-2/h10-12H,3-9H2,1-2H3. The van der Waals surface area contributed by atoms with E-state index in [1.807, 2.05) is 0 Å². The molecule has 0 amide bonds. The van der Waals surface area contributed by atoms with Crippen LogP contribution in [-0.4, -0.2) is 17.9 Å². The van der Waals surface area contributed by atoms with E-state index in [1.54, 1.807) is 0 Å². The lowest BCUT2D eigenvalue weighted by atomic mass is 10.2. The first-order valence-electron chi connectivity index (χ1n) is 5.22. The molecule has 2 N–H and O–H groups in total.